The van der Waals surface area contributed by atoms with E-state index in [1.54, 1.807) is 0 Å². The second-order valence-corrected chi connectivity index (χ2v) is 4.97. The van der Waals surface area contributed by atoms with Crippen LogP contribution < -0.4 is 0 Å². The number of aromatic nitrogens is 2. The molecule has 102 valence electrons. The molecule has 0 aliphatic rings. The minimum Gasteiger partial charge on any atom is -0.387 e. The summed E-state index contributed by atoms with van der Waals surface area (Å²) in [5, 5.41) is 15.8. The van der Waals surface area contributed by atoms with E-state index < -0.39 is 6.10 Å². The first-order valence-corrected chi connectivity index (χ1v) is 6.94. The average molecular weight is 258 g/mol. The van der Waals surface area contributed by atoms with Gasteiger partial charge in [-0.2, -0.15) is 5.10 Å². The second-order valence-electron chi connectivity index (χ2n) is 4.97. The number of unbranched alkanes of at least 4 members (excludes halogenated alkanes) is 3. The number of aryl methyl sites for hydroxylation is 1. The molecule has 0 saturated carbocycles. The van der Waals surface area contributed by atoms with Crippen molar-refractivity contribution in [2.24, 2.45) is 7.05 Å². The minimum atomic E-state index is -0.463. The van der Waals surface area contributed by atoms with Gasteiger partial charge in [0.15, 0.2) is 0 Å². The smallest absolute Gasteiger partial charge is 0.0988 e. The predicted molar refractivity (Wildman–Crippen MR) is 79.0 cm³/mol. The molecule has 0 amide bonds. The maximum absolute atomic E-state index is 10.3. The zero-order chi connectivity index (χ0) is 13.7. The summed E-state index contributed by atoms with van der Waals surface area (Å²) >= 11 is 0. The highest BCUT2D eigenvalue weighted by Gasteiger charge is 2.15. The summed E-state index contributed by atoms with van der Waals surface area (Å²) in [5.74, 6) is 0. The van der Waals surface area contributed by atoms with Crippen LogP contribution in [-0.2, 0) is 7.05 Å². The van der Waals surface area contributed by atoms with Crippen molar-refractivity contribution in [3.05, 3.63) is 42.6 Å². The lowest BCUT2D eigenvalue weighted by molar-refractivity contribution is 0.159. The van der Waals surface area contributed by atoms with Crippen LogP contribution in [0, 0.1) is 0 Å². The van der Waals surface area contributed by atoms with Crippen LogP contribution in [0.2, 0.25) is 0 Å². The Morgan fingerprint density at radius 1 is 1.32 bits per heavy atom. The first-order chi connectivity index (χ1) is 9.24. The van der Waals surface area contributed by atoms with Crippen molar-refractivity contribution in [1.29, 1.82) is 0 Å². The average Bonchev–Trinajstić information content (AvgIpc) is 2.76. The molecule has 0 spiro atoms. The normalized spacial score (nSPS) is 12.7. The Labute approximate surface area is 114 Å². The van der Waals surface area contributed by atoms with E-state index in [-0.39, 0.29) is 0 Å². The molecule has 0 aliphatic heterocycles. The Bertz CT molecular complexity index is 545. The van der Waals surface area contributed by atoms with Gasteiger partial charge in [0.2, 0.25) is 0 Å². The van der Waals surface area contributed by atoms with E-state index in [1.165, 1.54) is 0 Å². The molecule has 1 aromatic carbocycles. The minimum absolute atomic E-state index is 0.463. The number of aliphatic hydroxyl groups is 1. The van der Waals surface area contributed by atoms with Crippen LogP contribution in [0.1, 0.15) is 43.9 Å². The van der Waals surface area contributed by atoms with Crippen LogP contribution >= 0.6 is 0 Å². The molecule has 3 heteroatoms. The summed E-state index contributed by atoms with van der Waals surface area (Å²) in [6, 6.07) is 8.04. The van der Waals surface area contributed by atoms with Gasteiger partial charge in [0, 0.05) is 12.4 Å². The Hall–Kier alpha value is -1.61. The van der Waals surface area contributed by atoms with Crippen LogP contribution in [-0.4, -0.2) is 14.9 Å². The highest BCUT2D eigenvalue weighted by molar-refractivity contribution is 5.82. The number of nitrogens with zero attached hydrogens (tertiary/aromatic N) is 2. The maximum atomic E-state index is 10.3. The molecule has 1 unspecified atom stereocenters. The summed E-state index contributed by atoms with van der Waals surface area (Å²) < 4.78 is 1.84. The molecule has 19 heavy (non-hydrogen) atoms. The monoisotopic (exact) mass is 258 g/mol. The largest absolute Gasteiger partial charge is 0.387 e. The molecule has 1 aromatic heterocycles. The van der Waals surface area contributed by atoms with E-state index in [0.717, 1.165) is 48.7 Å². The van der Waals surface area contributed by atoms with Crippen LogP contribution in [0.4, 0.5) is 0 Å². The van der Waals surface area contributed by atoms with Gasteiger partial charge in [-0.3, -0.25) is 4.68 Å². The van der Waals surface area contributed by atoms with E-state index in [0.29, 0.717) is 0 Å². The van der Waals surface area contributed by atoms with Crippen LogP contribution in [0.5, 0.6) is 0 Å². The number of rotatable bonds is 7. The zero-order valence-corrected chi connectivity index (χ0v) is 11.5. The standard InChI is InChI=1S/C16H22N2O/c1-3-4-5-6-7-12-15(19)16-13-10-8-9-11-14(13)18(2)17-16/h3,8-11,15,19H,1,4-7,12H2,2H3. The molecule has 1 N–H and O–H groups in total. The summed E-state index contributed by atoms with van der Waals surface area (Å²) in [5.41, 5.74) is 1.88. The molecular weight excluding hydrogens is 236 g/mol. The molecule has 0 fully saturated rings. The molecule has 1 heterocycles. The number of hydrogen-bond acceptors (Lipinski definition) is 2. The predicted octanol–water partition coefficient (Wildman–Crippen LogP) is 3.74. The third-order valence-electron chi connectivity index (χ3n) is 3.49. The number of para-hydroxylation sites is 1. The highest BCUT2D eigenvalue weighted by atomic mass is 16.3. The number of aliphatic hydroxyl groups excluding tert-OH is 1. The van der Waals surface area contributed by atoms with Gasteiger partial charge in [0.1, 0.15) is 0 Å². The Kier molecular flexibility index (Phi) is 4.74. The molecule has 0 radical (unpaired) electrons. The van der Waals surface area contributed by atoms with Gasteiger partial charge in [-0.15, -0.1) is 6.58 Å². The number of allylic oxidation sites excluding steroid dienone is 1. The van der Waals surface area contributed by atoms with E-state index in [1.807, 2.05) is 42.1 Å². The Balaban J connectivity index is 2.01. The number of hydrogen-bond donors (Lipinski definition) is 1. The quantitative estimate of drug-likeness (QED) is 0.607. The van der Waals surface area contributed by atoms with Crippen molar-refractivity contribution in [1.82, 2.24) is 9.78 Å². The van der Waals surface area contributed by atoms with Crippen LogP contribution in [0.3, 0.4) is 0 Å². The van der Waals surface area contributed by atoms with Crippen molar-refractivity contribution in [3.8, 4) is 0 Å². The van der Waals surface area contributed by atoms with Gasteiger partial charge in [-0.1, -0.05) is 37.1 Å². The van der Waals surface area contributed by atoms with Crippen molar-refractivity contribution < 1.29 is 5.11 Å². The lowest BCUT2D eigenvalue weighted by Crippen LogP contribution is -2.00. The van der Waals surface area contributed by atoms with Crippen molar-refractivity contribution in [2.45, 2.75) is 38.2 Å². The molecule has 0 bridgehead atoms. The number of benzene rings is 1. The molecule has 3 nitrogen and oxygen atoms in total. The summed E-state index contributed by atoms with van der Waals surface area (Å²) in [7, 11) is 1.92. The van der Waals surface area contributed by atoms with Gasteiger partial charge >= 0.3 is 0 Å². The SMILES string of the molecule is C=CCCCCCC(O)c1nn(C)c2ccccc12. The third kappa shape index (κ3) is 3.24. The van der Waals surface area contributed by atoms with E-state index >= 15 is 0 Å². The van der Waals surface area contributed by atoms with Crippen molar-refractivity contribution >= 4 is 10.9 Å². The van der Waals surface area contributed by atoms with E-state index in [2.05, 4.69) is 11.7 Å². The fraction of sp³-hybridized carbons (Fsp3) is 0.438. The van der Waals surface area contributed by atoms with E-state index in [4.69, 9.17) is 0 Å². The maximum Gasteiger partial charge on any atom is 0.0988 e. The van der Waals surface area contributed by atoms with Gasteiger partial charge in [-0.05, 0) is 25.3 Å². The summed E-state index contributed by atoms with van der Waals surface area (Å²) in [4.78, 5) is 0. The molecule has 0 aliphatic carbocycles. The molecular formula is C16H22N2O. The molecule has 2 aromatic rings. The fourth-order valence-electron chi connectivity index (χ4n) is 2.43. The van der Waals surface area contributed by atoms with Crippen LogP contribution in [0.25, 0.3) is 10.9 Å². The van der Waals surface area contributed by atoms with E-state index in [9.17, 15) is 5.11 Å². The first kappa shape index (κ1) is 13.8. The molecule has 2 rings (SSSR count). The van der Waals surface area contributed by atoms with Crippen LogP contribution in [0.15, 0.2) is 36.9 Å². The number of fused-ring (bicyclic) bond motifs is 1. The summed E-state index contributed by atoms with van der Waals surface area (Å²) in [6.07, 6.45) is 6.63. The lowest BCUT2D eigenvalue weighted by Gasteiger charge is -2.07. The van der Waals surface area contributed by atoms with Gasteiger partial charge in [-0.25, -0.2) is 0 Å². The second kappa shape index (κ2) is 6.53. The zero-order valence-electron chi connectivity index (χ0n) is 11.5. The first-order valence-electron chi connectivity index (χ1n) is 6.94. The van der Waals surface area contributed by atoms with Crippen molar-refractivity contribution in [3.63, 3.8) is 0 Å². The molecule has 1 atom stereocenters. The third-order valence-corrected chi connectivity index (χ3v) is 3.49. The van der Waals surface area contributed by atoms with Gasteiger partial charge < -0.3 is 5.11 Å². The molecule has 0 saturated heterocycles. The highest BCUT2D eigenvalue weighted by Crippen LogP contribution is 2.26. The van der Waals surface area contributed by atoms with Gasteiger partial charge in [0.05, 0.1) is 17.3 Å². The lowest BCUT2D eigenvalue weighted by atomic mass is 10.0. The fourth-order valence-corrected chi connectivity index (χ4v) is 2.43. The van der Waals surface area contributed by atoms with Crippen molar-refractivity contribution in [2.75, 3.05) is 0 Å². The Morgan fingerprint density at radius 2 is 2.11 bits per heavy atom. The van der Waals surface area contributed by atoms with Gasteiger partial charge in [0.25, 0.3) is 0 Å². The topological polar surface area (TPSA) is 38.1 Å². The Morgan fingerprint density at radius 3 is 2.89 bits per heavy atom. The summed E-state index contributed by atoms with van der Waals surface area (Å²) in [6.45, 7) is 3.72.